The first-order chi connectivity index (χ1) is 9.73. The number of nitrogen functional groups attached to an aromatic ring is 1. The van der Waals surface area contributed by atoms with Gasteiger partial charge in [0, 0.05) is 12.2 Å². The van der Waals surface area contributed by atoms with Crippen LogP contribution in [0.2, 0.25) is 5.02 Å². The Hall–Kier alpha value is -1.31. The number of hydrogen-bond acceptors (Lipinski definition) is 5. The molecule has 1 rings (SSSR count). The molecule has 0 unspecified atom stereocenters. The Bertz CT molecular complexity index is 631. The number of aryl methyl sites for hydroxylation is 1. The molecule has 0 saturated heterocycles. The number of hydrogen-bond donors (Lipinski definition) is 1. The summed E-state index contributed by atoms with van der Waals surface area (Å²) >= 11 is 6.01. The second-order valence-corrected chi connectivity index (χ2v) is 6.69. The van der Waals surface area contributed by atoms with Crippen molar-refractivity contribution in [1.29, 1.82) is 0 Å². The van der Waals surface area contributed by atoms with E-state index in [4.69, 9.17) is 22.1 Å². The number of ether oxygens (including phenoxy) is 1. The number of rotatable bonds is 6. The van der Waals surface area contributed by atoms with Crippen molar-refractivity contribution in [3.63, 3.8) is 0 Å². The van der Waals surface area contributed by atoms with E-state index >= 15 is 0 Å². The van der Waals surface area contributed by atoms with Crippen LogP contribution in [0.15, 0.2) is 17.0 Å². The Labute approximate surface area is 129 Å². The number of halogens is 1. The molecule has 6 nitrogen and oxygen atoms in total. The third kappa shape index (κ3) is 4.09. The molecule has 0 aliphatic rings. The van der Waals surface area contributed by atoms with Crippen molar-refractivity contribution >= 4 is 33.3 Å². The second kappa shape index (κ2) is 7.11. The van der Waals surface area contributed by atoms with Crippen LogP contribution in [0.1, 0.15) is 19.4 Å². The van der Waals surface area contributed by atoms with Gasteiger partial charge in [0.1, 0.15) is 11.4 Å². The average Bonchev–Trinajstić information content (AvgIpc) is 2.40. The lowest BCUT2D eigenvalue weighted by Crippen LogP contribution is -2.36. The van der Waals surface area contributed by atoms with E-state index in [0.717, 1.165) is 4.31 Å². The van der Waals surface area contributed by atoms with Gasteiger partial charge in [0.05, 0.1) is 11.6 Å². The number of anilines is 1. The Morgan fingerprint density at radius 2 is 2.00 bits per heavy atom. The number of carbonyl (C=O) groups excluding carboxylic acids is 1. The van der Waals surface area contributed by atoms with Gasteiger partial charge in [0.15, 0.2) is 0 Å². The van der Waals surface area contributed by atoms with E-state index in [2.05, 4.69) is 0 Å². The van der Waals surface area contributed by atoms with Crippen molar-refractivity contribution in [3.05, 3.63) is 22.7 Å². The number of sulfonamides is 1. The Morgan fingerprint density at radius 1 is 1.38 bits per heavy atom. The number of nitrogens with two attached hydrogens (primary N) is 1. The summed E-state index contributed by atoms with van der Waals surface area (Å²) in [5, 5.41) is 0.0732. The molecule has 0 aliphatic carbocycles. The summed E-state index contributed by atoms with van der Waals surface area (Å²) in [5.74, 6) is -0.612. The predicted molar refractivity (Wildman–Crippen MR) is 81.7 cm³/mol. The minimum Gasteiger partial charge on any atom is -0.465 e. The molecular formula is C13H19ClN2O4S. The molecule has 118 valence electrons. The lowest BCUT2D eigenvalue weighted by molar-refractivity contribution is -0.143. The molecule has 0 amide bonds. The zero-order chi connectivity index (χ0) is 16.2. The zero-order valence-electron chi connectivity index (χ0n) is 12.2. The lowest BCUT2D eigenvalue weighted by Gasteiger charge is -2.20. The van der Waals surface area contributed by atoms with Gasteiger partial charge in [-0.25, -0.2) is 8.42 Å². The summed E-state index contributed by atoms with van der Waals surface area (Å²) in [6.45, 7) is 4.95. The molecule has 0 aliphatic heterocycles. The number of nitrogens with zero attached hydrogens (tertiary/aromatic N) is 1. The largest absolute Gasteiger partial charge is 0.465 e. The molecule has 0 radical (unpaired) electrons. The Morgan fingerprint density at radius 3 is 2.52 bits per heavy atom. The summed E-state index contributed by atoms with van der Waals surface area (Å²) in [4.78, 5) is 11.4. The minimum absolute atomic E-state index is 0.0732. The quantitative estimate of drug-likeness (QED) is 0.633. The molecule has 8 heteroatoms. The van der Waals surface area contributed by atoms with E-state index in [9.17, 15) is 13.2 Å². The molecule has 2 N–H and O–H groups in total. The standard InChI is InChI=1S/C13H19ClN2O4S/c1-4-16(8-13(17)20-5-2)21(18,19)12-7-11(15)9(3)6-10(12)14/h6-7H,4-5,8,15H2,1-3H3. The molecule has 0 atom stereocenters. The highest BCUT2D eigenvalue weighted by atomic mass is 35.5. The van der Waals surface area contributed by atoms with Crippen molar-refractivity contribution in [2.75, 3.05) is 25.4 Å². The Balaban J connectivity index is 3.19. The van der Waals surface area contributed by atoms with Crippen molar-refractivity contribution in [3.8, 4) is 0 Å². The third-order valence-corrected chi connectivity index (χ3v) is 5.29. The first kappa shape index (κ1) is 17.7. The smallest absolute Gasteiger partial charge is 0.321 e. The SMILES string of the molecule is CCOC(=O)CN(CC)S(=O)(=O)c1cc(N)c(C)cc1Cl. The van der Waals surface area contributed by atoms with E-state index in [1.54, 1.807) is 20.8 Å². The molecule has 1 aromatic carbocycles. The maximum absolute atomic E-state index is 12.6. The average molecular weight is 335 g/mol. The minimum atomic E-state index is -3.91. The topological polar surface area (TPSA) is 89.7 Å². The van der Waals surface area contributed by atoms with Crippen LogP contribution in [0.5, 0.6) is 0 Å². The highest BCUT2D eigenvalue weighted by Crippen LogP contribution is 2.29. The van der Waals surface area contributed by atoms with Gasteiger partial charge >= 0.3 is 5.97 Å². The van der Waals surface area contributed by atoms with Gasteiger partial charge in [-0.05, 0) is 31.5 Å². The maximum Gasteiger partial charge on any atom is 0.321 e. The fourth-order valence-electron chi connectivity index (χ4n) is 1.72. The highest BCUT2D eigenvalue weighted by Gasteiger charge is 2.28. The van der Waals surface area contributed by atoms with Gasteiger partial charge < -0.3 is 10.5 Å². The van der Waals surface area contributed by atoms with Crippen LogP contribution in [0.25, 0.3) is 0 Å². The van der Waals surface area contributed by atoms with Crippen molar-refractivity contribution < 1.29 is 17.9 Å². The first-order valence-electron chi connectivity index (χ1n) is 6.45. The molecule has 0 saturated carbocycles. The first-order valence-corrected chi connectivity index (χ1v) is 8.27. The molecule has 0 fully saturated rings. The van der Waals surface area contributed by atoms with Crippen LogP contribution < -0.4 is 5.73 Å². The van der Waals surface area contributed by atoms with E-state index in [-0.39, 0.29) is 29.6 Å². The van der Waals surface area contributed by atoms with Crippen LogP contribution in [-0.2, 0) is 19.6 Å². The summed E-state index contributed by atoms with van der Waals surface area (Å²) in [6.07, 6.45) is 0. The fraction of sp³-hybridized carbons (Fsp3) is 0.462. The normalized spacial score (nSPS) is 11.7. The molecule has 0 aromatic heterocycles. The highest BCUT2D eigenvalue weighted by molar-refractivity contribution is 7.89. The van der Waals surface area contributed by atoms with E-state index in [0.29, 0.717) is 11.3 Å². The van der Waals surface area contributed by atoms with Gasteiger partial charge in [0.2, 0.25) is 10.0 Å². The van der Waals surface area contributed by atoms with Gasteiger partial charge in [-0.3, -0.25) is 4.79 Å². The van der Waals surface area contributed by atoms with Gasteiger partial charge in [0.25, 0.3) is 0 Å². The van der Waals surface area contributed by atoms with Crippen molar-refractivity contribution in [1.82, 2.24) is 4.31 Å². The monoisotopic (exact) mass is 334 g/mol. The molecule has 21 heavy (non-hydrogen) atoms. The van der Waals surface area contributed by atoms with Crippen LogP contribution in [0.3, 0.4) is 0 Å². The molecule has 1 aromatic rings. The van der Waals surface area contributed by atoms with E-state index in [1.165, 1.54) is 12.1 Å². The fourth-order valence-corrected chi connectivity index (χ4v) is 3.71. The van der Waals surface area contributed by atoms with Gasteiger partial charge in [-0.2, -0.15) is 4.31 Å². The van der Waals surface area contributed by atoms with Crippen LogP contribution >= 0.6 is 11.6 Å². The molecule has 0 heterocycles. The molecular weight excluding hydrogens is 316 g/mol. The molecule has 0 bridgehead atoms. The summed E-state index contributed by atoms with van der Waals surface area (Å²) in [7, 11) is -3.91. The number of benzene rings is 1. The van der Waals surface area contributed by atoms with E-state index < -0.39 is 16.0 Å². The van der Waals surface area contributed by atoms with Gasteiger partial charge in [-0.1, -0.05) is 18.5 Å². The van der Waals surface area contributed by atoms with Crippen molar-refractivity contribution in [2.45, 2.75) is 25.7 Å². The predicted octanol–water partition coefficient (Wildman–Crippen LogP) is 1.80. The number of likely N-dealkylation sites (N-methyl/N-ethyl adjacent to an activating group) is 1. The third-order valence-electron chi connectivity index (χ3n) is 2.90. The summed E-state index contributed by atoms with van der Waals surface area (Å²) in [5.41, 5.74) is 6.76. The summed E-state index contributed by atoms with van der Waals surface area (Å²) < 4.78 is 30.9. The molecule has 0 spiro atoms. The second-order valence-electron chi connectivity index (χ2n) is 4.38. The van der Waals surface area contributed by atoms with Crippen LogP contribution in [0.4, 0.5) is 5.69 Å². The maximum atomic E-state index is 12.6. The van der Waals surface area contributed by atoms with Gasteiger partial charge in [-0.15, -0.1) is 0 Å². The number of esters is 1. The van der Waals surface area contributed by atoms with E-state index in [1.807, 2.05) is 0 Å². The zero-order valence-corrected chi connectivity index (χ0v) is 13.8. The lowest BCUT2D eigenvalue weighted by atomic mass is 10.2. The summed E-state index contributed by atoms with van der Waals surface area (Å²) in [6, 6.07) is 2.79. The Kier molecular flexibility index (Phi) is 6.00. The number of carbonyl (C=O) groups is 1. The van der Waals surface area contributed by atoms with Crippen molar-refractivity contribution in [2.24, 2.45) is 0 Å². The van der Waals surface area contributed by atoms with Crippen LogP contribution in [0, 0.1) is 6.92 Å². The van der Waals surface area contributed by atoms with Crippen LogP contribution in [-0.4, -0.2) is 38.4 Å².